The van der Waals surface area contributed by atoms with E-state index in [4.69, 9.17) is 4.74 Å². The molecule has 16 heavy (non-hydrogen) atoms. The Hall–Kier alpha value is -1.21. The van der Waals surface area contributed by atoms with Crippen LogP contribution in [0.25, 0.3) is 0 Å². The number of hydrogen-bond acceptors (Lipinski definition) is 2. The van der Waals surface area contributed by atoms with Crippen molar-refractivity contribution >= 4 is 6.03 Å². The largest absolute Gasteiger partial charge is 0.378 e. The van der Waals surface area contributed by atoms with E-state index >= 15 is 0 Å². The van der Waals surface area contributed by atoms with Crippen LogP contribution in [0, 0.1) is 11.8 Å². The Bertz CT molecular complexity index is 313. The molecule has 1 aliphatic heterocycles. The Morgan fingerprint density at radius 2 is 2.12 bits per heavy atom. The first kappa shape index (κ1) is 11.3. The third-order valence-corrected chi connectivity index (χ3v) is 3.20. The number of amides is 2. The van der Waals surface area contributed by atoms with E-state index < -0.39 is 0 Å². The maximum atomic E-state index is 12.1. The van der Waals surface area contributed by atoms with Crippen LogP contribution in [-0.4, -0.2) is 55.2 Å². The lowest BCUT2D eigenvalue weighted by Gasteiger charge is -2.35. The van der Waals surface area contributed by atoms with Crippen LogP contribution in [0.2, 0.25) is 0 Å². The summed E-state index contributed by atoms with van der Waals surface area (Å²) in [4.78, 5) is 15.9. The molecule has 0 N–H and O–H groups in total. The lowest BCUT2D eigenvalue weighted by molar-refractivity contribution is 0.0418. The SMILES string of the molecule is CN(C(=O)N1CCOCC1)C1CC#CCC1. The van der Waals surface area contributed by atoms with Crippen molar-refractivity contribution in [1.82, 2.24) is 9.80 Å². The summed E-state index contributed by atoms with van der Waals surface area (Å²) in [6.45, 7) is 2.73. The van der Waals surface area contributed by atoms with Crippen molar-refractivity contribution in [2.24, 2.45) is 0 Å². The Labute approximate surface area is 96.5 Å². The van der Waals surface area contributed by atoms with E-state index in [9.17, 15) is 4.79 Å². The summed E-state index contributed by atoms with van der Waals surface area (Å²) < 4.78 is 5.24. The van der Waals surface area contributed by atoms with Gasteiger partial charge >= 0.3 is 6.03 Å². The summed E-state index contributed by atoms with van der Waals surface area (Å²) >= 11 is 0. The number of carbonyl (C=O) groups is 1. The first-order chi connectivity index (χ1) is 7.79. The van der Waals surface area contributed by atoms with Gasteiger partial charge in [0.2, 0.25) is 0 Å². The fraction of sp³-hybridized carbons (Fsp3) is 0.750. The Morgan fingerprint density at radius 1 is 1.38 bits per heavy atom. The number of rotatable bonds is 1. The maximum Gasteiger partial charge on any atom is 0.320 e. The highest BCUT2D eigenvalue weighted by molar-refractivity contribution is 5.74. The first-order valence-electron chi connectivity index (χ1n) is 5.84. The lowest BCUT2D eigenvalue weighted by Crippen LogP contribution is -2.50. The molecule has 0 spiro atoms. The quantitative estimate of drug-likeness (QED) is 0.618. The van der Waals surface area contributed by atoms with Crippen LogP contribution in [0.3, 0.4) is 0 Å². The van der Waals surface area contributed by atoms with Gasteiger partial charge in [0.15, 0.2) is 0 Å². The van der Waals surface area contributed by atoms with E-state index in [2.05, 4.69) is 11.8 Å². The minimum Gasteiger partial charge on any atom is -0.378 e. The molecule has 2 amide bonds. The van der Waals surface area contributed by atoms with Crippen LogP contribution in [0.1, 0.15) is 19.3 Å². The first-order valence-corrected chi connectivity index (χ1v) is 5.84. The van der Waals surface area contributed by atoms with Gasteiger partial charge in [0, 0.05) is 39.0 Å². The normalized spacial score (nSPS) is 24.6. The number of ether oxygens (including phenoxy) is 1. The average Bonchev–Trinajstić information content (AvgIpc) is 2.39. The molecule has 1 unspecified atom stereocenters. The topological polar surface area (TPSA) is 32.8 Å². The predicted molar refractivity (Wildman–Crippen MR) is 61.0 cm³/mol. The molecule has 0 aromatic rings. The lowest BCUT2D eigenvalue weighted by atomic mass is 10.0. The second kappa shape index (κ2) is 5.22. The van der Waals surface area contributed by atoms with Crippen LogP contribution in [-0.2, 0) is 4.74 Å². The van der Waals surface area contributed by atoms with Gasteiger partial charge in [-0.3, -0.25) is 0 Å². The molecule has 1 atom stereocenters. The summed E-state index contributed by atoms with van der Waals surface area (Å²) in [5, 5.41) is 0. The zero-order valence-electron chi connectivity index (χ0n) is 9.74. The highest BCUT2D eigenvalue weighted by Crippen LogP contribution is 2.14. The van der Waals surface area contributed by atoms with Gasteiger partial charge in [-0.1, -0.05) is 0 Å². The van der Waals surface area contributed by atoms with Gasteiger partial charge in [-0.25, -0.2) is 4.79 Å². The van der Waals surface area contributed by atoms with Gasteiger partial charge in [-0.2, -0.15) is 0 Å². The Morgan fingerprint density at radius 3 is 2.75 bits per heavy atom. The number of carbonyl (C=O) groups excluding carboxylic acids is 1. The third kappa shape index (κ3) is 2.48. The molecule has 1 aliphatic carbocycles. The summed E-state index contributed by atoms with van der Waals surface area (Å²) in [5.74, 6) is 6.15. The summed E-state index contributed by atoms with van der Waals surface area (Å²) in [7, 11) is 1.88. The molecule has 2 rings (SSSR count). The highest BCUT2D eigenvalue weighted by Gasteiger charge is 2.25. The molecular weight excluding hydrogens is 204 g/mol. The van der Waals surface area contributed by atoms with E-state index in [1.54, 1.807) is 0 Å². The maximum absolute atomic E-state index is 12.1. The molecule has 1 saturated heterocycles. The van der Waals surface area contributed by atoms with E-state index in [-0.39, 0.29) is 12.1 Å². The molecule has 88 valence electrons. The number of nitrogens with zero attached hydrogens (tertiary/aromatic N) is 2. The molecule has 1 heterocycles. The van der Waals surface area contributed by atoms with Gasteiger partial charge in [-0.05, 0) is 6.42 Å². The molecule has 0 aromatic carbocycles. The van der Waals surface area contributed by atoms with Gasteiger partial charge in [0.25, 0.3) is 0 Å². The molecule has 0 saturated carbocycles. The smallest absolute Gasteiger partial charge is 0.320 e. The van der Waals surface area contributed by atoms with Crippen molar-refractivity contribution < 1.29 is 9.53 Å². The zero-order chi connectivity index (χ0) is 11.4. The van der Waals surface area contributed by atoms with Gasteiger partial charge in [0.1, 0.15) is 0 Å². The standard InChI is InChI=1S/C12H18N2O2/c1-13(11-5-3-2-4-6-11)12(15)14-7-9-16-10-8-14/h11H,3,5-10H2,1H3. The second-order valence-electron chi connectivity index (χ2n) is 4.24. The van der Waals surface area contributed by atoms with Crippen molar-refractivity contribution in [3.8, 4) is 11.8 Å². The van der Waals surface area contributed by atoms with Gasteiger partial charge in [-0.15, -0.1) is 11.8 Å². The van der Waals surface area contributed by atoms with E-state index in [0.717, 1.165) is 19.3 Å². The van der Waals surface area contributed by atoms with Gasteiger partial charge in [0.05, 0.1) is 13.2 Å². The van der Waals surface area contributed by atoms with Crippen molar-refractivity contribution in [2.75, 3.05) is 33.4 Å². The van der Waals surface area contributed by atoms with Crippen LogP contribution >= 0.6 is 0 Å². The van der Waals surface area contributed by atoms with Crippen LogP contribution < -0.4 is 0 Å². The fourth-order valence-corrected chi connectivity index (χ4v) is 2.08. The zero-order valence-corrected chi connectivity index (χ0v) is 9.74. The fourth-order valence-electron chi connectivity index (χ4n) is 2.08. The number of urea groups is 1. The Kier molecular flexibility index (Phi) is 3.68. The molecule has 0 bridgehead atoms. The minimum atomic E-state index is 0.122. The van der Waals surface area contributed by atoms with E-state index in [0.29, 0.717) is 26.3 Å². The monoisotopic (exact) mass is 222 g/mol. The molecular formula is C12H18N2O2. The second-order valence-corrected chi connectivity index (χ2v) is 4.24. The molecule has 4 heteroatoms. The number of morpholine rings is 1. The molecule has 0 aromatic heterocycles. The summed E-state index contributed by atoms with van der Waals surface area (Å²) in [5.41, 5.74) is 0. The molecule has 2 aliphatic rings. The van der Waals surface area contributed by atoms with Crippen LogP contribution in [0.4, 0.5) is 4.79 Å². The van der Waals surface area contributed by atoms with Crippen LogP contribution in [0.5, 0.6) is 0 Å². The van der Waals surface area contributed by atoms with E-state index in [1.165, 1.54) is 0 Å². The van der Waals surface area contributed by atoms with Crippen molar-refractivity contribution in [3.63, 3.8) is 0 Å². The summed E-state index contributed by atoms with van der Waals surface area (Å²) in [6.07, 6.45) is 2.72. The Balaban J connectivity index is 1.90. The van der Waals surface area contributed by atoms with Crippen LogP contribution in [0.15, 0.2) is 0 Å². The predicted octanol–water partition coefficient (Wildman–Crippen LogP) is 0.926. The van der Waals surface area contributed by atoms with Crippen molar-refractivity contribution in [1.29, 1.82) is 0 Å². The third-order valence-electron chi connectivity index (χ3n) is 3.20. The minimum absolute atomic E-state index is 0.122. The van der Waals surface area contributed by atoms with Crippen molar-refractivity contribution in [2.45, 2.75) is 25.3 Å². The molecule has 1 fully saturated rings. The van der Waals surface area contributed by atoms with E-state index in [1.807, 2.05) is 16.8 Å². The van der Waals surface area contributed by atoms with Crippen molar-refractivity contribution in [3.05, 3.63) is 0 Å². The highest BCUT2D eigenvalue weighted by atomic mass is 16.5. The molecule has 4 nitrogen and oxygen atoms in total. The average molecular weight is 222 g/mol. The van der Waals surface area contributed by atoms with Gasteiger partial charge < -0.3 is 14.5 Å². The summed E-state index contributed by atoms with van der Waals surface area (Å²) in [6, 6.07) is 0.411. The number of hydrogen-bond donors (Lipinski definition) is 0. The molecule has 0 radical (unpaired) electrons.